The third kappa shape index (κ3) is 3.24. The van der Waals surface area contributed by atoms with Gasteiger partial charge in [-0.05, 0) is 0 Å². The standard InChI is InChI=1S/C11H16Si.2C6H5.Sn/c1-4-12(3,5-2)11-9-7-6-8-10-11;2*1-2-4-6-5-3-1;/h6-10H,1-2,4-5H2,3H3;2*1-5H;. The second kappa shape index (κ2) is 7.12. The number of hydrogen-bond acceptors (Lipinski definition) is 0. The Morgan fingerprint density at radius 3 is 1.44 bits per heavy atom. The van der Waals surface area contributed by atoms with Gasteiger partial charge in [-0.15, -0.1) is 0 Å². The molecule has 0 aromatic heterocycles. The number of benzene rings is 3. The Bertz CT molecular complexity index is 765. The molecule has 3 aromatic carbocycles. The van der Waals surface area contributed by atoms with E-state index in [1.54, 1.807) is 12.3 Å². The van der Waals surface area contributed by atoms with Gasteiger partial charge in [-0.3, -0.25) is 0 Å². The summed E-state index contributed by atoms with van der Waals surface area (Å²) in [5, 5.41) is 1.66. The van der Waals surface area contributed by atoms with E-state index in [2.05, 4.69) is 97.5 Å². The summed E-state index contributed by atoms with van der Waals surface area (Å²) in [6.07, 6.45) is 0. The number of hydrogen-bond donors (Lipinski definition) is 0. The van der Waals surface area contributed by atoms with Crippen LogP contribution in [0.2, 0.25) is 27.5 Å². The first-order valence-corrected chi connectivity index (χ1v) is 19.2. The Balaban J connectivity index is 1.71. The normalized spacial score (nSPS) is 18.6. The molecule has 1 saturated heterocycles. The van der Waals surface area contributed by atoms with Crippen molar-refractivity contribution >= 4 is 38.8 Å². The zero-order valence-corrected chi connectivity index (χ0v) is 18.8. The molecule has 0 unspecified atom stereocenters. The van der Waals surface area contributed by atoms with E-state index in [4.69, 9.17) is 0 Å². The Morgan fingerprint density at radius 1 is 0.600 bits per heavy atom. The molecule has 0 N–H and O–H groups in total. The van der Waals surface area contributed by atoms with Crippen LogP contribution in [0, 0.1) is 0 Å². The molecule has 0 saturated carbocycles. The van der Waals surface area contributed by atoms with Gasteiger partial charge < -0.3 is 0 Å². The van der Waals surface area contributed by atoms with Crippen molar-refractivity contribution in [3.8, 4) is 0 Å². The van der Waals surface area contributed by atoms with Crippen molar-refractivity contribution in [3.05, 3.63) is 91.0 Å². The van der Waals surface area contributed by atoms with E-state index < -0.39 is 26.5 Å². The first-order chi connectivity index (χ1) is 12.2. The summed E-state index contributed by atoms with van der Waals surface area (Å²) in [7, 11) is -1.31. The molecule has 3 aromatic rings. The van der Waals surface area contributed by atoms with Crippen molar-refractivity contribution in [2.45, 2.75) is 27.5 Å². The molecule has 0 bridgehead atoms. The predicted octanol–water partition coefficient (Wildman–Crippen LogP) is 4.25. The zero-order valence-electron chi connectivity index (χ0n) is 15.0. The topological polar surface area (TPSA) is 0 Å². The van der Waals surface area contributed by atoms with Gasteiger partial charge in [-0.25, -0.2) is 0 Å². The van der Waals surface area contributed by atoms with Gasteiger partial charge in [0.05, 0.1) is 0 Å². The number of rotatable bonds is 3. The summed E-state index contributed by atoms with van der Waals surface area (Å²) in [6.45, 7) is 2.62. The molecule has 0 aliphatic carbocycles. The minimum absolute atomic E-state index is 1.31. The molecule has 25 heavy (non-hydrogen) atoms. The molecule has 0 spiro atoms. The Morgan fingerprint density at radius 2 is 1.00 bits per heavy atom. The third-order valence-electron chi connectivity index (χ3n) is 6.33. The molecular formula is C23H26SiSn. The molecule has 4 rings (SSSR count). The van der Waals surface area contributed by atoms with Crippen LogP contribution in [-0.4, -0.2) is 26.5 Å². The van der Waals surface area contributed by atoms with Crippen molar-refractivity contribution in [2.75, 3.05) is 0 Å². The molecule has 126 valence electrons. The monoisotopic (exact) mass is 450 g/mol. The van der Waals surface area contributed by atoms with Crippen LogP contribution in [0.4, 0.5) is 0 Å². The van der Waals surface area contributed by atoms with Crippen molar-refractivity contribution in [1.29, 1.82) is 0 Å². The Labute approximate surface area is 156 Å². The van der Waals surface area contributed by atoms with Gasteiger partial charge >= 0.3 is 157 Å². The fraction of sp³-hybridized carbons (Fsp3) is 0.217. The molecule has 0 atom stereocenters. The molecule has 1 fully saturated rings. The van der Waals surface area contributed by atoms with E-state index in [1.165, 1.54) is 21.0 Å². The van der Waals surface area contributed by atoms with Crippen LogP contribution in [0.5, 0.6) is 0 Å². The maximum atomic E-state index is 2.62. The average Bonchev–Trinajstić information content (AvgIpc) is 2.71. The van der Waals surface area contributed by atoms with Gasteiger partial charge in [-0.1, -0.05) is 0 Å². The van der Waals surface area contributed by atoms with Gasteiger partial charge in [-0.2, -0.15) is 0 Å². The van der Waals surface area contributed by atoms with Crippen LogP contribution < -0.4 is 12.3 Å². The van der Waals surface area contributed by atoms with Crippen molar-refractivity contribution in [2.24, 2.45) is 0 Å². The second-order valence-electron chi connectivity index (χ2n) is 7.74. The molecule has 0 amide bonds. The fourth-order valence-corrected chi connectivity index (χ4v) is 34.9. The van der Waals surface area contributed by atoms with Crippen LogP contribution in [0.25, 0.3) is 0 Å². The third-order valence-corrected chi connectivity index (χ3v) is 28.1. The first-order valence-electron chi connectivity index (χ1n) is 9.40. The SMILES string of the molecule is C[Si]1(c2ccccc2)C[CH2][Sn]([c]2ccccc2)([c]2ccccc2)[CH2]C1. The zero-order chi connectivity index (χ0) is 17.2. The van der Waals surface area contributed by atoms with Crippen LogP contribution in [0.3, 0.4) is 0 Å². The maximum absolute atomic E-state index is 2.62. The van der Waals surface area contributed by atoms with Gasteiger partial charge in [0.2, 0.25) is 0 Å². The quantitative estimate of drug-likeness (QED) is 0.525. The van der Waals surface area contributed by atoms with E-state index >= 15 is 0 Å². The van der Waals surface area contributed by atoms with E-state index in [-0.39, 0.29) is 0 Å². The summed E-state index contributed by atoms with van der Waals surface area (Å²) >= 11 is -2.55. The molecule has 1 aliphatic heterocycles. The summed E-state index contributed by atoms with van der Waals surface area (Å²) in [5.41, 5.74) is 0. The van der Waals surface area contributed by atoms with Crippen LogP contribution in [0.1, 0.15) is 0 Å². The Kier molecular flexibility index (Phi) is 4.87. The van der Waals surface area contributed by atoms with E-state index in [0.29, 0.717) is 0 Å². The average molecular weight is 449 g/mol. The van der Waals surface area contributed by atoms with Crippen LogP contribution in [0.15, 0.2) is 91.0 Å². The van der Waals surface area contributed by atoms with Crippen molar-refractivity contribution in [3.63, 3.8) is 0 Å². The van der Waals surface area contributed by atoms with Crippen LogP contribution in [-0.2, 0) is 0 Å². The molecule has 1 heterocycles. The minimum atomic E-state index is -2.55. The van der Waals surface area contributed by atoms with Gasteiger partial charge in [0, 0.05) is 0 Å². The van der Waals surface area contributed by atoms with Gasteiger partial charge in [0.15, 0.2) is 0 Å². The predicted molar refractivity (Wildman–Crippen MR) is 115 cm³/mol. The van der Waals surface area contributed by atoms with E-state index in [9.17, 15) is 0 Å². The molecular weight excluding hydrogens is 423 g/mol. The van der Waals surface area contributed by atoms with Crippen LogP contribution >= 0.6 is 0 Å². The van der Waals surface area contributed by atoms with Crippen molar-refractivity contribution in [1.82, 2.24) is 0 Å². The van der Waals surface area contributed by atoms with Gasteiger partial charge in [0.1, 0.15) is 0 Å². The summed E-state index contributed by atoms with van der Waals surface area (Å²) in [6, 6.07) is 37.3. The van der Waals surface area contributed by atoms with E-state index in [0.717, 1.165) is 0 Å². The molecule has 1 aliphatic rings. The van der Waals surface area contributed by atoms with Gasteiger partial charge in [0.25, 0.3) is 0 Å². The Hall–Kier alpha value is -1.32. The summed E-state index contributed by atoms with van der Waals surface area (Å²) in [5.74, 6) is 0. The summed E-state index contributed by atoms with van der Waals surface area (Å²) in [4.78, 5) is 0. The second-order valence-corrected chi connectivity index (χ2v) is 24.8. The fourth-order valence-electron chi connectivity index (χ4n) is 4.62. The molecule has 0 radical (unpaired) electrons. The molecule has 0 nitrogen and oxygen atoms in total. The summed E-state index contributed by atoms with van der Waals surface area (Å²) < 4.78 is 6.35. The first kappa shape index (κ1) is 17.1. The van der Waals surface area contributed by atoms with Crippen molar-refractivity contribution < 1.29 is 0 Å². The van der Waals surface area contributed by atoms with E-state index in [1.807, 2.05) is 0 Å². The molecule has 2 heteroatoms.